The van der Waals surface area contributed by atoms with Crippen LogP contribution < -0.4 is 10.1 Å². The molecule has 2 aromatic carbocycles. The summed E-state index contributed by atoms with van der Waals surface area (Å²) < 4.78 is 18.7. The second-order valence-corrected chi connectivity index (χ2v) is 6.61. The summed E-state index contributed by atoms with van der Waals surface area (Å²) in [4.78, 5) is 23.6. The van der Waals surface area contributed by atoms with Crippen molar-refractivity contribution in [2.45, 2.75) is 32.3 Å². The highest BCUT2D eigenvalue weighted by atomic mass is 19.1. The van der Waals surface area contributed by atoms with Crippen LogP contribution in [0.5, 0.6) is 5.75 Å². The van der Waals surface area contributed by atoms with Crippen LogP contribution in [0.15, 0.2) is 48.5 Å². The van der Waals surface area contributed by atoms with Crippen LogP contribution in [0.3, 0.4) is 0 Å². The largest absolute Gasteiger partial charge is 0.489 e. The highest BCUT2D eigenvalue weighted by molar-refractivity contribution is 5.94. The van der Waals surface area contributed by atoms with E-state index in [1.54, 1.807) is 30.3 Å². The molecule has 1 amide bonds. The van der Waals surface area contributed by atoms with E-state index in [4.69, 9.17) is 4.74 Å². The molecule has 5 nitrogen and oxygen atoms in total. The molecule has 0 heterocycles. The van der Waals surface area contributed by atoms with Crippen LogP contribution in [0.2, 0.25) is 0 Å². The monoisotopic (exact) mass is 357 g/mol. The van der Waals surface area contributed by atoms with E-state index in [1.165, 1.54) is 12.1 Å². The standard InChI is InChI=1S/C20H20FNO4/c21-15-5-2-7-17(11-15)26-13-14-4-1-6-16(10-14)22-18(23)12-20(19(24)25)8-3-9-20/h1-2,4-7,10-11H,3,8-9,12-13H2,(H,22,23)(H,24,25). The maximum Gasteiger partial charge on any atom is 0.310 e. The van der Waals surface area contributed by atoms with Crippen LogP contribution in [0.25, 0.3) is 0 Å². The SMILES string of the molecule is O=C(CC1(C(=O)O)CCC1)Nc1cccc(COc2cccc(F)c2)c1. The maximum atomic E-state index is 13.2. The Morgan fingerprint density at radius 3 is 2.58 bits per heavy atom. The zero-order valence-corrected chi connectivity index (χ0v) is 14.2. The second-order valence-electron chi connectivity index (χ2n) is 6.61. The predicted molar refractivity (Wildman–Crippen MR) is 94.3 cm³/mol. The number of ether oxygens (including phenoxy) is 1. The van der Waals surface area contributed by atoms with Crippen molar-refractivity contribution in [2.75, 3.05) is 5.32 Å². The van der Waals surface area contributed by atoms with Crippen molar-refractivity contribution in [3.05, 3.63) is 59.9 Å². The van der Waals surface area contributed by atoms with Gasteiger partial charge in [0, 0.05) is 18.2 Å². The number of aliphatic carboxylic acids is 1. The van der Waals surface area contributed by atoms with E-state index < -0.39 is 11.4 Å². The Hall–Kier alpha value is -2.89. The Morgan fingerprint density at radius 1 is 1.15 bits per heavy atom. The smallest absolute Gasteiger partial charge is 0.310 e. The first-order chi connectivity index (χ1) is 12.5. The topological polar surface area (TPSA) is 75.6 Å². The second kappa shape index (κ2) is 7.56. The molecule has 26 heavy (non-hydrogen) atoms. The minimum Gasteiger partial charge on any atom is -0.489 e. The number of hydrogen-bond donors (Lipinski definition) is 2. The number of carboxylic acid groups (broad SMARTS) is 1. The summed E-state index contributed by atoms with van der Waals surface area (Å²) >= 11 is 0. The molecule has 2 N–H and O–H groups in total. The predicted octanol–water partition coefficient (Wildman–Crippen LogP) is 3.99. The lowest BCUT2D eigenvalue weighted by molar-refractivity contribution is -0.157. The van der Waals surface area contributed by atoms with Gasteiger partial charge in [-0.05, 0) is 42.7 Å². The average molecular weight is 357 g/mol. The van der Waals surface area contributed by atoms with Crippen molar-refractivity contribution >= 4 is 17.6 Å². The molecule has 0 bridgehead atoms. The summed E-state index contributed by atoms with van der Waals surface area (Å²) in [5.41, 5.74) is 0.473. The van der Waals surface area contributed by atoms with E-state index in [2.05, 4.69) is 5.32 Å². The molecule has 1 saturated carbocycles. The van der Waals surface area contributed by atoms with E-state index in [0.29, 0.717) is 24.3 Å². The zero-order valence-electron chi connectivity index (χ0n) is 14.2. The van der Waals surface area contributed by atoms with Crippen molar-refractivity contribution in [3.63, 3.8) is 0 Å². The Balaban J connectivity index is 1.58. The molecule has 1 fully saturated rings. The molecule has 0 saturated heterocycles. The van der Waals surface area contributed by atoms with E-state index >= 15 is 0 Å². The number of carbonyl (C=O) groups is 2. The highest BCUT2D eigenvalue weighted by Crippen LogP contribution is 2.44. The summed E-state index contributed by atoms with van der Waals surface area (Å²) in [6, 6.07) is 13.0. The Kier molecular flexibility index (Phi) is 5.21. The van der Waals surface area contributed by atoms with Gasteiger partial charge in [0.2, 0.25) is 5.91 Å². The molecule has 0 atom stereocenters. The first kappa shape index (κ1) is 17.9. The fourth-order valence-electron chi connectivity index (χ4n) is 3.04. The van der Waals surface area contributed by atoms with Crippen LogP contribution in [0.1, 0.15) is 31.2 Å². The Labute approximate surface area is 150 Å². The third-order valence-corrected chi connectivity index (χ3v) is 4.68. The van der Waals surface area contributed by atoms with Gasteiger partial charge in [-0.3, -0.25) is 9.59 Å². The number of benzene rings is 2. The molecule has 136 valence electrons. The fourth-order valence-corrected chi connectivity index (χ4v) is 3.04. The molecule has 6 heteroatoms. The summed E-state index contributed by atoms with van der Waals surface area (Å²) in [6.07, 6.45) is 1.90. The van der Waals surface area contributed by atoms with Gasteiger partial charge in [0.25, 0.3) is 0 Å². The van der Waals surface area contributed by atoms with Gasteiger partial charge in [-0.15, -0.1) is 0 Å². The van der Waals surface area contributed by atoms with Crippen molar-refractivity contribution < 1.29 is 23.8 Å². The van der Waals surface area contributed by atoms with E-state index in [9.17, 15) is 19.1 Å². The number of hydrogen-bond acceptors (Lipinski definition) is 3. The summed E-state index contributed by atoms with van der Waals surface area (Å²) in [6.45, 7) is 0.228. The summed E-state index contributed by atoms with van der Waals surface area (Å²) in [5.74, 6) is -1.16. The number of carboxylic acids is 1. The molecule has 1 aliphatic carbocycles. The molecule has 2 aromatic rings. The van der Waals surface area contributed by atoms with E-state index in [-0.39, 0.29) is 24.8 Å². The zero-order chi connectivity index (χ0) is 18.6. The minimum atomic E-state index is -0.914. The van der Waals surface area contributed by atoms with Crippen molar-refractivity contribution in [1.29, 1.82) is 0 Å². The van der Waals surface area contributed by atoms with Gasteiger partial charge < -0.3 is 15.2 Å². The summed E-state index contributed by atoms with van der Waals surface area (Å²) in [7, 11) is 0. The molecular formula is C20H20FNO4. The van der Waals surface area contributed by atoms with Crippen molar-refractivity contribution in [3.8, 4) is 5.75 Å². The quantitative estimate of drug-likeness (QED) is 0.786. The minimum absolute atomic E-state index is 0.0215. The number of nitrogens with one attached hydrogen (secondary N) is 1. The lowest BCUT2D eigenvalue weighted by Crippen LogP contribution is -2.41. The summed E-state index contributed by atoms with van der Waals surface area (Å²) in [5, 5.41) is 12.1. The molecule has 0 aliphatic heterocycles. The van der Waals surface area contributed by atoms with Crippen molar-refractivity contribution in [1.82, 2.24) is 0 Å². The Morgan fingerprint density at radius 2 is 1.92 bits per heavy atom. The molecular weight excluding hydrogens is 337 g/mol. The van der Waals surface area contributed by atoms with Crippen LogP contribution in [0, 0.1) is 11.2 Å². The van der Waals surface area contributed by atoms with Crippen LogP contribution >= 0.6 is 0 Å². The lowest BCUT2D eigenvalue weighted by atomic mass is 9.66. The highest BCUT2D eigenvalue weighted by Gasteiger charge is 2.45. The number of carbonyl (C=O) groups excluding carboxylic acids is 1. The van der Waals surface area contributed by atoms with E-state index in [0.717, 1.165) is 12.0 Å². The van der Waals surface area contributed by atoms with E-state index in [1.807, 2.05) is 6.07 Å². The van der Waals surface area contributed by atoms with Gasteiger partial charge in [-0.1, -0.05) is 24.6 Å². The van der Waals surface area contributed by atoms with Crippen LogP contribution in [-0.2, 0) is 16.2 Å². The lowest BCUT2D eigenvalue weighted by Gasteiger charge is -2.36. The van der Waals surface area contributed by atoms with Crippen molar-refractivity contribution in [2.24, 2.45) is 5.41 Å². The van der Waals surface area contributed by atoms with Crippen LogP contribution in [-0.4, -0.2) is 17.0 Å². The first-order valence-corrected chi connectivity index (χ1v) is 8.47. The third-order valence-electron chi connectivity index (χ3n) is 4.68. The first-order valence-electron chi connectivity index (χ1n) is 8.47. The molecule has 1 aliphatic rings. The van der Waals surface area contributed by atoms with Crippen LogP contribution in [0.4, 0.5) is 10.1 Å². The van der Waals surface area contributed by atoms with Gasteiger partial charge in [-0.2, -0.15) is 0 Å². The average Bonchev–Trinajstić information content (AvgIpc) is 2.56. The van der Waals surface area contributed by atoms with Gasteiger partial charge in [0.05, 0.1) is 5.41 Å². The number of rotatable bonds is 7. The number of amides is 1. The molecule has 0 aromatic heterocycles. The fraction of sp³-hybridized carbons (Fsp3) is 0.300. The maximum absolute atomic E-state index is 13.2. The van der Waals surface area contributed by atoms with Gasteiger partial charge in [0.15, 0.2) is 0 Å². The van der Waals surface area contributed by atoms with Gasteiger partial charge in [-0.25, -0.2) is 4.39 Å². The molecule has 0 spiro atoms. The molecule has 0 unspecified atom stereocenters. The molecule has 3 rings (SSSR count). The van der Waals surface area contributed by atoms with Gasteiger partial charge >= 0.3 is 5.97 Å². The molecule has 0 radical (unpaired) electrons. The number of anilines is 1. The number of halogens is 1. The normalized spacial score (nSPS) is 15.0. The Bertz CT molecular complexity index is 817. The third kappa shape index (κ3) is 4.20. The van der Waals surface area contributed by atoms with Gasteiger partial charge in [0.1, 0.15) is 18.2 Å².